The fraction of sp³-hybridized carbons (Fsp3) is 0.900. The number of carbonyl (C=O) groups excluding carboxylic acids is 4. The first-order valence-electron chi connectivity index (χ1n) is 18.9. The van der Waals surface area contributed by atoms with E-state index < -0.39 is 45.5 Å². The van der Waals surface area contributed by atoms with Gasteiger partial charge in [-0.15, -0.1) is 0 Å². The van der Waals surface area contributed by atoms with Crippen molar-refractivity contribution in [2.24, 2.45) is 21.7 Å². The van der Waals surface area contributed by atoms with Crippen molar-refractivity contribution in [2.75, 3.05) is 0 Å². The van der Waals surface area contributed by atoms with Gasteiger partial charge >= 0.3 is 41.7 Å². The maximum absolute atomic E-state index is 10.8. The van der Waals surface area contributed by atoms with Gasteiger partial charge in [0.1, 0.15) is 0 Å². The van der Waals surface area contributed by atoms with Crippen LogP contribution in [0.15, 0.2) is 0 Å². The maximum atomic E-state index is 10.8. The molecule has 8 nitrogen and oxygen atoms in total. The summed E-state index contributed by atoms with van der Waals surface area (Å²) in [6.45, 7) is 22.7. The van der Waals surface area contributed by atoms with Crippen LogP contribution in [-0.2, 0) is 19.2 Å². The van der Waals surface area contributed by atoms with E-state index in [0.717, 1.165) is 89.9 Å². The van der Waals surface area contributed by atoms with Crippen molar-refractivity contribution in [2.45, 2.75) is 212 Å². The van der Waals surface area contributed by atoms with Crippen LogP contribution >= 0.6 is 0 Å². The number of carbonyl (C=O) groups is 4. The molecule has 0 rings (SSSR count). The summed E-state index contributed by atoms with van der Waals surface area (Å²) in [5, 5.41) is 42.5. The van der Waals surface area contributed by atoms with Gasteiger partial charge < -0.3 is 39.6 Å². The number of unbranched alkanes of at least 4 members (excludes halogenated alkanes) is 10. The number of carboxylic acids is 4. The monoisotopic (exact) mass is 824 g/mol. The summed E-state index contributed by atoms with van der Waals surface area (Å²) in [7, 11) is 0. The third-order valence-electron chi connectivity index (χ3n) is 9.00. The van der Waals surface area contributed by atoms with Gasteiger partial charge in [-0.05, 0) is 32.1 Å². The molecule has 0 aromatic rings. The predicted octanol–water partition coefficient (Wildman–Crippen LogP) is 6.93. The average Bonchev–Trinajstić information content (AvgIpc) is 2.99. The number of aliphatic carboxylic acids is 4. The van der Waals surface area contributed by atoms with E-state index in [-0.39, 0.29) is 41.7 Å². The molecular weight excluding hydrogens is 749 g/mol. The van der Waals surface area contributed by atoms with E-state index in [1.807, 2.05) is 6.92 Å². The molecule has 0 saturated heterocycles. The van der Waals surface area contributed by atoms with E-state index in [1.165, 1.54) is 38.5 Å². The van der Waals surface area contributed by atoms with Gasteiger partial charge in [-0.3, -0.25) is 0 Å². The Morgan fingerprint density at radius 1 is 0.347 bits per heavy atom. The van der Waals surface area contributed by atoms with Crippen molar-refractivity contribution >= 4 is 23.9 Å². The molecule has 0 saturated carbocycles. The average molecular weight is 825 g/mol. The van der Waals surface area contributed by atoms with Crippen molar-refractivity contribution in [3.05, 3.63) is 0 Å². The summed E-state index contributed by atoms with van der Waals surface area (Å²) in [5.41, 5.74) is -2.53. The zero-order valence-electron chi connectivity index (χ0n) is 33.9. The number of carboxylic acid groups (broad SMARTS) is 4. The number of hydrogen-bond donors (Lipinski definition) is 0. The summed E-state index contributed by atoms with van der Waals surface area (Å²) >= 11 is 0. The summed E-state index contributed by atoms with van der Waals surface area (Å²) in [6.07, 6.45) is 20.1. The van der Waals surface area contributed by atoms with Crippen LogP contribution in [0.1, 0.15) is 212 Å². The van der Waals surface area contributed by atoms with Crippen molar-refractivity contribution in [1.82, 2.24) is 0 Å². The van der Waals surface area contributed by atoms with Crippen LogP contribution in [0.25, 0.3) is 0 Å². The van der Waals surface area contributed by atoms with E-state index >= 15 is 0 Å². The molecule has 1 unspecified atom stereocenters. The van der Waals surface area contributed by atoms with Crippen LogP contribution in [-0.4, -0.2) is 23.9 Å². The van der Waals surface area contributed by atoms with Crippen molar-refractivity contribution in [3.63, 3.8) is 0 Å². The third-order valence-corrected chi connectivity index (χ3v) is 9.00. The molecule has 0 aromatic carbocycles. The molecule has 0 heterocycles. The second-order valence-corrected chi connectivity index (χ2v) is 15.6. The molecule has 0 aliphatic heterocycles. The first-order chi connectivity index (χ1) is 22.1. The number of rotatable bonds is 24. The molecule has 9 heteroatoms. The molecule has 0 spiro atoms. The number of hydrogen-bond acceptors (Lipinski definition) is 8. The van der Waals surface area contributed by atoms with Gasteiger partial charge in [-0.1, -0.05) is 179 Å². The summed E-state index contributed by atoms with van der Waals surface area (Å²) in [6, 6.07) is 0. The Balaban J connectivity index is -0.000000174. The summed E-state index contributed by atoms with van der Waals surface area (Å²) in [4.78, 5) is 42.5. The SMILES string of the molecule is CCCCC(C)(CCC)C(=O)[O-].CCCCCCC(C)(C)C(=O)[O-].CCCCCCC(C)(C)C(=O)[O-].CCCCCCC(C)(C)C(=O)[O-].[Ce+4]. The van der Waals surface area contributed by atoms with Gasteiger partial charge in [-0.2, -0.15) is 0 Å². The minimum absolute atomic E-state index is 0. The molecular formula is C40H76CeO8. The van der Waals surface area contributed by atoms with Crippen molar-refractivity contribution in [3.8, 4) is 0 Å². The van der Waals surface area contributed by atoms with Crippen LogP contribution in [0.5, 0.6) is 0 Å². The molecule has 0 bridgehead atoms. The largest absolute Gasteiger partial charge is 4.00 e. The predicted molar refractivity (Wildman–Crippen MR) is 190 cm³/mol. The Kier molecular flexibility index (Phi) is 38.9. The van der Waals surface area contributed by atoms with Gasteiger partial charge in [-0.25, -0.2) is 0 Å². The molecule has 0 amide bonds. The quantitative estimate of drug-likeness (QED) is 0.0948. The molecule has 0 aromatic heterocycles. The van der Waals surface area contributed by atoms with Crippen LogP contribution in [0.4, 0.5) is 0 Å². The third kappa shape index (κ3) is 34.1. The Labute approximate surface area is 336 Å². The van der Waals surface area contributed by atoms with Gasteiger partial charge in [0.15, 0.2) is 0 Å². The molecule has 49 heavy (non-hydrogen) atoms. The van der Waals surface area contributed by atoms with Gasteiger partial charge in [0, 0.05) is 45.5 Å². The Morgan fingerprint density at radius 2 is 0.612 bits per heavy atom. The fourth-order valence-electron chi connectivity index (χ4n) is 4.74. The van der Waals surface area contributed by atoms with Gasteiger partial charge in [0.25, 0.3) is 0 Å². The first-order valence-corrected chi connectivity index (χ1v) is 18.9. The second kappa shape index (κ2) is 33.1. The van der Waals surface area contributed by atoms with E-state index in [2.05, 4.69) is 27.7 Å². The topological polar surface area (TPSA) is 161 Å². The standard InChI is InChI=1S/4C10H20O2.Ce/c3*1-4-5-6-7-8-10(2,3)9(11)12;1-4-6-8-10(3,7-5-2)9(11)12;/h4*4-8H2,1-3H3,(H,11,12);/q;;;;+4/p-4. The van der Waals surface area contributed by atoms with Gasteiger partial charge in [0.2, 0.25) is 0 Å². The summed E-state index contributed by atoms with van der Waals surface area (Å²) in [5.74, 6) is -3.69. The van der Waals surface area contributed by atoms with Crippen molar-refractivity contribution in [1.29, 1.82) is 0 Å². The minimum Gasteiger partial charge on any atom is -0.550 e. The van der Waals surface area contributed by atoms with E-state index in [1.54, 1.807) is 48.5 Å². The normalized spacial score (nSPS) is 12.3. The molecule has 0 radical (unpaired) electrons. The molecule has 288 valence electrons. The fourth-order valence-corrected chi connectivity index (χ4v) is 4.74. The van der Waals surface area contributed by atoms with Crippen LogP contribution in [0, 0.1) is 63.4 Å². The zero-order valence-corrected chi connectivity index (χ0v) is 37.0. The molecule has 1 atom stereocenters. The Morgan fingerprint density at radius 3 is 0.796 bits per heavy atom. The molecule has 0 N–H and O–H groups in total. The summed E-state index contributed by atoms with van der Waals surface area (Å²) < 4.78 is 0. The van der Waals surface area contributed by atoms with Crippen LogP contribution in [0.2, 0.25) is 0 Å². The second-order valence-electron chi connectivity index (χ2n) is 15.6. The molecule has 0 fully saturated rings. The smallest absolute Gasteiger partial charge is 0.550 e. The van der Waals surface area contributed by atoms with Crippen LogP contribution in [0.3, 0.4) is 0 Å². The van der Waals surface area contributed by atoms with Crippen molar-refractivity contribution < 1.29 is 81.4 Å². The maximum Gasteiger partial charge on any atom is 4.00 e. The Hall–Kier alpha value is -0.743. The van der Waals surface area contributed by atoms with E-state index in [0.29, 0.717) is 0 Å². The van der Waals surface area contributed by atoms with E-state index in [9.17, 15) is 39.6 Å². The first kappa shape index (κ1) is 57.6. The van der Waals surface area contributed by atoms with Gasteiger partial charge in [0.05, 0.1) is 0 Å². The van der Waals surface area contributed by atoms with E-state index in [4.69, 9.17) is 0 Å². The molecule has 0 aliphatic rings. The Bertz CT molecular complexity index is 757. The van der Waals surface area contributed by atoms with Crippen LogP contribution < -0.4 is 20.4 Å². The minimum atomic E-state index is -0.931. The zero-order chi connectivity index (χ0) is 38.5. The molecule has 0 aliphatic carbocycles.